The topological polar surface area (TPSA) is 61.2 Å². The number of rotatable bonds is 4. The summed E-state index contributed by atoms with van der Waals surface area (Å²) in [5, 5.41) is 4.03. The van der Waals surface area contributed by atoms with Gasteiger partial charge in [0.2, 0.25) is 5.91 Å². The molecule has 4 aromatic carbocycles. The van der Waals surface area contributed by atoms with Crippen molar-refractivity contribution in [2.45, 2.75) is 6.54 Å². The van der Waals surface area contributed by atoms with Crippen molar-refractivity contribution in [2.75, 3.05) is 0 Å². The van der Waals surface area contributed by atoms with Crippen LogP contribution in [0.15, 0.2) is 94.0 Å². The fourth-order valence-electron chi connectivity index (χ4n) is 4.59. The number of aromatic nitrogens is 1. The zero-order valence-electron chi connectivity index (χ0n) is 17.5. The van der Waals surface area contributed by atoms with Crippen LogP contribution < -0.4 is 5.73 Å². The number of halogens is 1. The molecule has 0 saturated heterocycles. The molecule has 1 radical (unpaired) electrons. The first-order valence-corrected chi connectivity index (χ1v) is 11.4. The Balaban J connectivity index is 1.64. The van der Waals surface area contributed by atoms with E-state index < -0.39 is 5.91 Å². The van der Waals surface area contributed by atoms with E-state index in [4.69, 9.17) is 10.2 Å². The minimum Gasteiger partial charge on any atom is -0.464 e. The second-order valence-electron chi connectivity index (χ2n) is 8.04. The first kappa shape index (κ1) is 19.8. The minimum absolute atomic E-state index is 0.449. The fraction of sp³-hybridized carbons (Fsp3) is 0.0357. The summed E-state index contributed by atoms with van der Waals surface area (Å²) in [5.74, 6) is 0.321. The first-order valence-electron chi connectivity index (χ1n) is 10.6. The first-order chi connectivity index (χ1) is 16.1. The van der Waals surface area contributed by atoms with Crippen LogP contribution in [0.1, 0.15) is 15.9 Å². The maximum Gasteiger partial charge on any atom is 0.249 e. The Labute approximate surface area is 198 Å². The van der Waals surface area contributed by atoms with Crippen molar-refractivity contribution in [3.63, 3.8) is 0 Å². The van der Waals surface area contributed by atoms with Crippen molar-refractivity contribution in [1.29, 1.82) is 0 Å². The molecule has 2 aromatic heterocycles. The van der Waals surface area contributed by atoms with E-state index in [9.17, 15) is 4.79 Å². The maximum atomic E-state index is 12.3. The van der Waals surface area contributed by atoms with Gasteiger partial charge in [0.25, 0.3) is 0 Å². The SMILES string of the molecule is NC(=O)c1cccc2c1c1[c]cc(-c3ccco3)cc1n2Cc1ccc2ccccc2c1Br. The molecule has 0 saturated carbocycles. The molecule has 6 rings (SSSR count). The third-order valence-electron chi connectivity index (χ3n) is 6.14. The molecule has 6 aromatic rings. The summed E-state index contributed by atoms with van der Waals surface area (Å²) < 4.78 is 8.90. The molecule has 0 aliphatic rings. The van der Waals surface area contributed by atoms with Crippen LogP contribution >= 0.6 is 15.9 Å². The Hall–Kier alpha value is -3.83. The lowest BCUT2D eigenvalue weighted by Crippen LogP contribution is -2.11. The van der Waals surface area contributed by atoms with Gasteiger partial charge in [0.15, 0.2) is 0 Å². The number of carbonyl (C=O) groups excluding carboxylic acids is 1. The zero-order valence-corrected chi connectivity index (χ0v) is 19.1. The highest BCUT2D eigenvalue weighted by atomic mass is 79.9. The van der Waals surface area contributed by atoms with Crippen LogP contribution in [0.5, 0.6) is 0 Å². The van der Waals surface area contributed by atoms with Crippen LogP contribution in [0.2, 0.25) is 0 Å². The lowest BCUT2D eigenvalue weighted by Gasteiger charge is -2.12. The predicted molar refractivity (Wildman–Crippen MR) is 135 cm³/mol. The molecule has 0 bridgehead atoms. The number of furan rings is 1. The summed E-state index contributed by atoms with van der Waals surface area (Å²) >= 11 is 3.83. The Morgan fingerprint density at radius 2 is 1.88 bits per heavy atom. The molecule has 0 aliphatic heterocycles. The van der Waals surface area contributed by atoms with Crippen molar-refractivity contribution in [3.05, 3.63) is 107 Å². The van der Waals surface area contributed by atoms with Crippen LogP contribution in [-0.2, 0) is 6.54 Å². The third kappa shape index (κ3) is 3.16. The number of hydrogen-bond donors (Lipinski definition) is 1. The van der Waals surface area contributed by atoms with Gasteiger partial charge in [-0.15, -0.1) is 0 Å². The van der Waals surface area contributed by atoms with Crippen LogP contribution in [0.25, 0.3) is 43.9 Å². The quantitative estimate of drug-likeness (QED) is 0.289. The second kappa shape index (κ2) is 7.64. The van der Waals surface area contributed by atoms with Gasteiger partial charge in [0.1, 0.15) is 5.76 Å². The van der Waals surface area contributed by atoms with E-state index in [-0.39, 0.29) is 0 Å². The number of fused-ring (bicyclic) bond motifs is 4. The molecule has 33 heavy (non-hydrogen) atoms. The molecule has 0 fully saturated rings. The van der Waals surface area contributed by atoms with Crippen LogP contribution in [0, 0.1) is 6.07 Å². The van der Waals surface area contributed by atoms with Gasteiger partial charge < -0.3 is 14.7 Å². The number of nitrogens with two attached hydrogens (primary N) is 1. The molecule has 1 amide bonds. The molecule has 4 nitrogen and oxygen atoms in total. The summed E-state index contributed by atoms with van der Waals surface area (Å²) in [5.41, 5.74) is 10.2. The normalized spacial score (nSPS) is 11.5. The lowest BCUT2D eigenvalue weighted by atomic mass is 10.0. The minimum atomic E-state index is -0.449. The average Bonchev–Trinajstić information content (AvgIpc) is 3.48. The smallest absolute Gasteiger partial charge is 0.249 e. The van der Waals surface area contributed by atoms with E-state index in [1.165, 1.54) is 5.39 Å². The Morgan fingerprint density at radius 1 is 1.00 bits per heavy atom. The van der Waals surface area contributed by atoms with Crippen molar-refractivity contribution >= 4 is 54.4 Å². The number of carbonyl (C=O) groups is 1. The highest BCUT2D eigenvalue weighted by Gasteiger charge is 2.18. The summed E-state index contributed by atoms with van der Waals surface area (Å²) in [6, 6.07) is 29.4. The molecule has 0 unspecified atom stereocenters. The third-order valence-corrected chi connectivity index (χ3v) is 7.07. The predicted octanol–water partition coefficient (Wildman–Crippen LogP) is 6.92. The lowest BCUT2D eigenvalue weighted by molar-refractivity contribution is 0.100. The van der Waals surface area contributed by atoms with Gasteiger partial charge in [-0.05, 0) is 74.7 Å². The molecule has 5 heteroatoms. The van der Waals surface area contributed by atoms with Crippen molar-refractivity contribution in [2.24, 2.45) is 5.73 Å². The zero-order chi connectivity index (χ0) is 22.5. The molecule has 159 valence electrons. The number of hydrogen-bond acceptors (Lipinski definition) is 2. The van der Waals surface area contributed by atoms with Gasteiger partial charge in [0.05, 0.1) is 17.3 Å². The summed E-state index contributed by atoms with van der Waals surface area (Å²) in [4.78, 5) is 12.3. The molecule has 0 aliphatic carbocycles. The summed E-state index contributed by atoms with van der Waals surface area (Å²) in [6.45, 7) is 0.614. The highest BCUT2D eigenvalue weighted by Crippen LogP contribution is 2.36. The number of amides is 1. The van der Waals surface area contributed by atoms with Crippen LogP contribution in [0.4, 0.5) is 0 Å². The monoisotopic (exact) mass is 493 g/mol. The van der Waals surface area contributed by atoms with Gasteiger partial charge in [-0.3, -0.25) is 4.79 Å². The molecule has 2 N–H and O–H groups in total. The number of nitrogens with zero attached hydrogens (tertiary/aromatic N) is 1. The fourth-order valence-corrected chi connectivity index (χ4v) is 5.21. The van der Waals surface area contributed by atoms with E-state index in [1.807, 2.05) is 42.5 Å². The van der Waals surface area contributed by atoms with Crippen molar-refractivity contribution in [3.8, 4) is 11.3 Å². The maximum absolute atomic E-state index is 12.3. The van der Waals surface area contributed by atoms with E-state index >= 15 is 0 Å². The standard InChI is InChI=1S/C28H18BrN2O2/c29-27-19(11-10-17-5-1-2-6-20(17)27)16-31-23-8-3-7-22(28(30)32)26(23)21-13-12-18(15-24(21)31)25-9-4-14-33-25/h1-12,14-15H,16H2,(H2,30,32). The Morgan fingerprint density at radius 3 is 2.70 bits per heavy atom. The second-order valence-corrected chi connectivity index (χ2v) is 8.83. The van der Waals surface area contributed by atoms with Crippen molar-refractivity contribution < 1.29 is 9.21 Å². The van der Waals surface area contributed by atoms with E-state index in [0.717, 1.165) is 48.6 Å². The number of primary amides is 1. The van der Waals surface area contributed by atoms with Crippen molar-refractivity contribution in [1.82, 2.24) is 4.57 Å². The summed E-state index contributed by atoms with van der Waals surface area (Å²) in [6.07, 6.45) is 1.66. The summed E-state index contributed by atoms with van der Waals surface area (Å²) in [7, 11) is 0. The highest BCUT2D eigenvalue weighted by molar-refractivity contribution is 9.10. The van der Waals surface area contributed by atoms with Gasteiger partial charge in [-0.25, -0.2) is 0 Å². The van der Waals surface area contributed by atoms with Gasteiger partial charge in [-0.1, -0.05) is 42.5 Å². The molecule has 0 atom stereocenters. The average molecular weight is 494 g/mol. The van der Waals surface area contributed by atoms with Gasteiger partial charge >= 0.3 is 0 Å². The van der Waals surface area contributed by atoms with Crippen LogP contribution in [0.3, 0.4) is 0 Å². The Bertz CT molecular complexity index is 1680. The molecule has 0 spiro atoms. The molecular formula is C28H18BrN2O2. The van der Waals surface area contributed by atoms with Crippen LogP contribution in [-0.4, -0.2) is 10.5 Å². The largest absolute Gasteiger partial charge is 0.464 e. The van der Waals surface area contributed by atoms with Gasteiger partial charge in [0, 0.05) is 32.9 Å². The van der Waals surface area contributed by atoms with E-state index in [1.54, 1.807) is 12.3 Å². The molecular weight excluding hydrogens is 476 g/mol. The van der Waals surface area contributed by atoms with E-state index in [2.05, 4.69) is 56.9 Å². The number of benzene rings is 4. The Kier molecular flexibility index (Phi) is 4.59. The molecule has 2 heterocycles. The van der Waals surface area contributed by atoms with Gasteiger partial charge in [-0.2, -0.15) is 0 Å². The van der Waals surface area contributed by atoms with E-state index in [0.29, 0.717) is 12.1 Å².